The predicted octanol–water partition coefficient (Wildman–Crippen LogP) is 14.7. The number of carbonyl (C=O) groups excluding carboxylic acids is 1. The molecule has 8 aliphatic heterocycles. The van der Waals surface area contributed by atoms with Gasteiger partial charge in [0.15, 0.2) is 6.29 Å². The second kappa shape index (κ2) is 53.0. The van der Waals surface area contributed by atoms with E-state index >= 15 is 0 Å². The Kier molecular flexibility index (Phi) is 49.0. The number of carboxylic acids is 7. The number of rotatable bonds is 36. The van der Waals surface area contributed by atoms with Gasteiger partial charge in [-0.1, -0.05) is 104 Å². The summed E-state index contributed by atoms with van der Waals surface area (Å²) in [5.41, 5.74) is -2.97. The minimum atomic E-state index is -1.17. The molecule has 0 saturated carbocycles. The Morgan fingerprint density at radius 2 is 0.895 bits per heavy atom. The predicted molar refractivity (Wildman–Crippen MR) is 428 cm³/mol. The molecule has 28 unspecified atom stereocenters. The van der Waals surface area contributed by atoms with Crippen LogP contribution in [0.2, 0.25) is 0 Å². The highest BCUT2D eigenvalue weighted by molar-refractivity contribution is 5.75. The minimum absolute atomic E-state index is 0.0139. The molecule has 8 saturated heterocycles. The van der Waals surface area contributed by atoms with Gasteiger partial charge in [-0.3, -0.25) is 38.4 Å². The maximum absolute atomic E-state index is 11.2. The van der Waals surface area contributed by atoms with Crippen molar-refractivity contribution in [1.29, 1.82) is 0 Å². The Hall–Kier alpha value is -4.72. The van der Waals surface area contributed by atoms with Gasteiger partial charge in [0.05, 0.1) is 152 Å². The van der Waals surface area contributed by atoms with Crippen LogP contribution in [-0.4, -0.2) is 227 Å². The summed E-state index contributed by atoms with van der Waals surface area (Å²) in [6.45, 7) is 37.6. The summed E-state index contributed by atoms with van der Waals surface area (Å²) >= 11 is 0. The van der Waals surface area contributed by atoms with Crippen molar-refractivity contribution in [3.8, 4) is 0 Å². The van der Waals surface area contributed by atoms with Crippen molar-refractivity contribution >= 4 is 47.8 Å². The van der Waals surface area contributed by atoms with E-state index in [2.05, 4.69) is 41.5 Å². The Labute approximate surface area is 680 Å². The molecular formula is C86H154O28. The van der Waals surface area contributed by atoms with Gasteiger partial charge in [-0.2, -0.15) is 0 Å². The molecule has 28 heteroatoms. The van der Waals surface area contributed by atoms with Gasteiger partial charge in [0.2, 0.25) is 0 Å². The number of esters is 1. The summed E-state index contributed by atoms with van der Waals surface area (Å²) in [6.07, 6.45) is 20.5. The molecule has 0 radical (unpaired) electrons. The Morgan fingerprint density at radius 3 is 1.29 bits per heavy atom. The molecule has 0 spiro atoms. The third kappa shape index (κ3) is 35.3. The summed E-state index contributed by atoms with van der Waals surface area (Å²) in [6, 6.07) is 0. The average Bonchev–Trinajstić information content (AvgIpc) is 1.65. The molecule has 8 rings (SSSR count). The second-order valence-corrected chi connectivity index (χ2v) is 33.4. The van der Waals surface area contributed by atoms with Gasteiger partial charge < -0.3 is 98.4 Å². The topological polar surface area (TPSA) is 431 Å². The lowest BCUT2D eigenvalue weighted by Gasteiger charge is -2.31. The van der Waals surface area contributed by atoms with Crippen LogP contribution in [0.15, 0.2) is 0 Å². The maximum atomic E-state index is 11.2. The quantitative estimate of drug-likeness (QED) is 0.0260. The summed E-state index contributed by atoms with van der Waals surface area (Å²) in [4.78, 5) is 87.0. The van der Waals surface area contributed by atoms with Crippen molar-refractivity contribution < 1.29 is 137 Å². The average molecular weight is 1640 g/mol. The number of ether oxygens (including phenoxy) is 10. The van der Waals surface area contributed by atoms with Crippen LogP contribution in [0, 0.1) is 46.8 Å². The van der Waals surface area contributed by atoms with Crippen molar-refractivity contribution in [2.45, 2.75) is 445 Å². The van der Waals surface area contributed by atoms with E-state index in [4.69, 9.17) is 78.0 Å². The molecule has 0 aromatic carbocycles. The van der Waals surface area contributed by atoms with E-state index in [9.17, 15) is 58.8 Å². The van der Waals surface area contributed by atoms with Crippen LogP contribution in [-0.2, 0) is 85.7 Å². The molecule has 0 aromatic rings. The Morgan fingerprint density at radius 1 is 0.465 bits per heavy atom. The minimum Gasteiger partial charge on any atom is -0.481 e. The number of carbonyl (C=O) groups is 8. The highest BCUT2D eigenvalue weighted by atomic mass is 16.7. The summed E-state index contributed by atoms with van der Waals surface area (Å²) < 4.78 is 57.4. The number of aliphatic hydroxyl groups is 3. The molecule has 114 heavy (non-hydrogen) atoms. The summed E-state index contributed by atoms with van der Waals surface area (Å²) in [5, 5.41) is 92.3. The molecule has 28 atom stereocenters. The molecular weight excluding hydrogens is 1480 g/mol. The van der Waals surface area contributed by atoms with E-state index in [-0.39, 0.29) is 165 Å². The van der Waals surface area contributed by atoms with Gasteiger partial charge in [0.1, 0.15) is 6.10 Å². The molecule has 0 amide bonds. The lowest BCUT2D eigenvalue weighted by atomic mass is 9.80. The fraction of sp³-hybridized carbons (Fsp3) is 0.907. The van der Waals surface area contributed by atoms with Crippen molar-refractivity contribution in [3.05, 3.63) is 0 Å². The van der Waals surface area contributed by atoms with E-state index < -0.39 is 76.6 Å². The zero-order valence-electron chi connectivity index (χ0n) is 72.7. The molecule has 8 fully saturated rings. The van der Waals surface area contributed by atoms with Crippen LogP contribution >= 0.6 is 0 Å². The molecule has 0 bridgehead atoms. The van der Waals surface area contributed by atoms with Gasteiger partial charge in [-0.25, -0.2) is 0 Å². The fourth-order valence-electron chi connectivity index (χ4n) is 18.0. The zero-order valence-corrected chi connectivity index (χ0v) is 72.7. The first-order chi connectivity index (χ1) is 53.6. The lowest BCUT2D eigenvalue weighted by molar-refractivity contribution is -0.205. The van der Waals surface area contributed by atoms with Crippen LogP contribution < -0.4 is 0 Å². The zero-order chi connectivity index (χ0) is 86.5. The third-order valence-corrected chi connectivity index (χ3v) is 24.3. The van der Waals surface area contributed by atoms with Crippen molar-refractivity contribution in [2.75, 3.05) is 6.61 Å². The van der Waals surface area contributed by atoms with Crippen LogP contribution in [0.4, 0.5) is 0 Å². The SMILES string of the molecule is CCC1CC(C(C)(O)CC(=O)O)C(CC)O1.CCC1CC(C(CC(=O)O)OC(C)=O)C(CC)O1.CCC1CC(C(CC(=O)O)OC2CCCCO2)C(CC)O1.CCC1CC(C)(C(=O)O)C(CC)O1.CCC1CC(CC(C)(O)CC(=O)O)C(CC)O1.CCC1CC(CC(O)CC(=O)O)C(CC)O1.CCC1OC(CC)C(C(=O)O)C1C. The summed E-state index contributed by atoms with van der Waals surface area (Å²) in [5.74, 6) is -5.99. The number of aliphatic carboxylic acids is 7. The lowest BCUT2D eigenvalue weighted by Crippen LogP contribution is -2.41. The Bertz CT molecular complexity index is 2760. The number of carboxylic acid groups (broad SMARTS) is 7. The Balaban J connectivity index is 0.000000454. The van der Waals surface area contributed by atoms with E-state index in [0.29, 0.717) is 31.8 Å². The van der Waals surface area contributed by atoms with Gasteiger partial charge >= 0.3 is 47.8 Å². The normalized spacial score (nSPS) is 33.9. The molecule has 666 valence electrons. The highest BCUT2D eigenvalue weighted by Gasteiger charge is 2.51. The maximum Gasteiger partial charge on any atom is 0.312 e. The van der Waals surface area contributed by atoms with E-state index in [0.717, 1.165) is 141 Å². The van der Waals surface area contributed by atoms with Crippen LogP contribution in [0.3, 0.4) is 0 Å². The number of hydrogen-bond donors (Lipinski definition) is 10. The van der Waals surface area contributed by atoms with Crippen molar-refractivity contribution in [1.82, 2.24) is 0 Å². The van der Waals surface area contributed by atoms with Gasteiger partial charge in [0.25, 0.3) is 0 Å². The molecule has 8 aliphatic rings. The van der Waals surface area contributed by atoms with E-state index in [1.165, 1.54) is 6.92 Å². The third-order valence-electron chi connectivity index (χ3n) is 24.3. The number of hydrogen-bond acceptors (Lipinski definition) is 21. The second-order valence-electron chi connectivity index (χ2n) is 33.4. The smallest absolute Gasteiger partial charge is 0.312 e. The fourth-order valence-corrected chi connectivity index (χ4v) is 18.0. The van der Waals surface area contributed by atoms with E-state index in [1.54, 1.807) is 20.8 Å². The van der Waals surface area contributed by atoms with Crippen LogP contribution in [0.5, 0.6) is 0 Å². The van der Waals surface area contributed by atoms with Crippen LogP contribution in [0.25, 0.3) is 0 Å². The first-order valence-electron chi connectivity index (χ1n) is 43.3. The van der Waals surface area contributed by atoms with Crippen molar-refractivity contribution in [3.63, 3.8) is 0 Å². The molecule has 28 nitrogen and oxygen atoms in total. The first kappa shape index (κ1) is 105. The standard InChI is InChI=1S/C16H28O5.C13H22O5.C13H24O4.2C12H22O4.2C10H18O3/c1-3-11-9-12(13(4-2)20-11)14(10-15(17)18)21-16-7-5-6-8-19-16;1-4-9-6-10(11(5-2)18-9)12(7-13(15)16)17-8(3)14;1-4-10-6-9(11(5-2)17-10)7-13(3,16)8-12(14)15;1-4-8-6-9(10(5-2)16-8)12(3,15)7-11(13)14;1-3-10-6-8(11(4-2)16-10)5-9(13)7-12(14)15;1-4-7-6-10(3,9(11)12)8(5-2)13-7;1-4-7-6(3)9(10(11)12)8(5-2)13-7/h11-14,16H,3-10H2,1-2H3,(H,17,18);9-12H,4-7H2,1-3H3,(H,15,16);9-11,16H,4-8H2,1-3H3,(H,14,15);8-10,15H,4-7H2,1-3H3,(H,13,14);8-11,13H,3-7H2,1-2H3,(H,14,15);7-8H,4-6H2,1-3H3,(H,11,12);6-9H,4-5H2,1-3H3,(H,11,12). The van der Waals surface area contributed by atoms with Gasteiger partial charge in [0, 0.05) is 31.3 Å². The molecule has 10 N–H and O–H groups in total. The van der Waals surface area contributed by atoms with Crippen LogP contribution in [0.1, 0.15) is 324 Å². The largest absolute Gasteiger partial charge is 0.481 e. The van der Waals surface area contributed by atoms with Crippen molar-refractivity contribution in [2.24, 2.45) is 46.8 Å². The monoisotopic (exact) mass is 1640 g/mol. The van der Waals surface area contributed by atoms with E-state index in [1.807, 2.05) is 62.3 Å². The first-order valence-corrected chi connectivity index (χ1v) is 43.3. The number of aliphatic hydroxyl groups excluding tert-OH is 1. The summed E-state index contributed by atoms with van der Waals surface area (Å²) in [7, 11) is 0. The molecule has 8 heterocycles. The highest BCUT2D eigenvalue weighted by Crippen LogP contribution is 2.44. The molecule has 0 aliphatic carbocycles. The molecule has 0 aromatic heterocycles. The van der Waals surface area contributed by atoms with Gasteiger partial charge in [-0.15, -0.1) is 0 Å². The van der Waals surface area contributed by atoms with Gasteiger partial charge in [-0.05, 0) is 199 Å².